The van der Waals surface area contributed by atoms with Crippen molar-refractivity contribution >= 4 is 29.0 Å². The van der Waals surface area contributed by atoms with Gasteiger partial charge in [0, 0.05) is 16.0 Å². The van der Waals surface area contributed by atoms with E-state index in [1.165, 1.54) is 23.7 Å². The van der Waals surface area contributed by atoms with E-state index in [2.05, 4.69) is 14.9 Å². The predicted molar refractivity (Wildman–Crippen MR) is 65.6 cm³/mol. The molecule has 1 N–H and O–H groups in total. The smallest absolute Gasteiger partial charge is 0.379 e. The molecule has 1 heterocycles. The lowest BCUT2D eigenvalue weighted by atomic mass is 10.3. The van der Waals surface area contributed by atoms with Gasteiger partial charge in [-0.25, -0.2) is 0 Å². The van der Waals surface area contributed by atoms with Crippen LogP contribution in [0.15, 0.2) is 34.5 Å². The monoisotopic (exact) mass is 291 g/mol. The van der Waals surface area contributed by atoms with Gasteiger partial charge in [-0.2, -0.15) is 13.2 Å². The van der Waals surface area contributed by atoms with E-state index in [1.54, 1.807) is 17.5 Å². The fourth-order valence-corrected chi connectivity index (χ4v) is 2.22. The van der Waals surface area contributed by atoms with Gasteiger partial charge in [0.25, 0.3) is 0 Å². The standard InChI is InChI=1S/C10H8F3N3S2/c11-10(12,13)18-9-3-1-7(2-4-9)14-5-8-6-17-16-15-8/h1-4,6,14H,5H2. The largest absolute Gasteiger partial charge is 0.446 e. The van der Waals surface area contributed by atoms with Gasteiger partial charge in [-0.1, -0.05) is 4.49 Å². The second kappa shape index (κ2) is 5.57. The van der Waals surface area contributed by atoms with E-state index in [-0.39, 0.29) is 16.7 Å². The molecule has 0 saturated heterocycles. The van der Waals surface area contributed by atoms with Crippen LogP contribution in [-0.2, 0) is 6.54 Å². The number of hydrogen-bond acceptors (Lipinski definition) is 5. The van der Waals surface area contributed by atoms with Crippen LogP contribution in [0.5, 0.6) is 0 Å². The van der Waals surface area contributed by atoms with Gasteiger partial charge in [0.2, 0.25) is 0 Å². The van der Waals surface area contributed by atoms with Crippen molar-refractivity contribution in [3.63, 3.8) is 0 Å². The first kappa shape index (κ1) is 13.2. The topological polar surface area (TPSA) is 37.8 Å². The molecule has 2 rings (SSSR count). The third-order valence-electron chi connectivity index (χ3n) is 1.97. The van der Waals surface area contributed by atoms with Crippen LogP contribution in [0.2, 0.25) is 0 Å². The molecule has 0 atom stereocenters. The lowest BCUT2D eigenvalue weighted by Gasteiger charge is -2.07. The lowest BCUT2D eigenvalue weighted by molar-refractivity contribution is -0.0328. The molecule has 0 spiro atoms. The number of benzene rings is 1. The van der Waals surface area contributed by atoms with E-state index in [0.717, 1.165) is 11.4 Å². The van der Waals surface area contributed by atoms with E-state index in [4.69, 9.17) is 0 Å². The Bertz CT molecular complexity index is 482. The first-order valence-corrected chi connectivity index (χ1v) is 6.54. The summed E-state index contributed by atoms with van der Waals surface area (Å²) in [6.07, 6.45) is 0. The third-order valence-corrected chi connectivity index (χ3v) is 3.26. The van der Waals surface area contributed by atoms with Gasteiger partial charge in [0.05, 0.1) is 12.2 Å². The highest BCUT2D eigenvalue weighted by atomic mass is 32.2. The minimum Gasteiger partial charge on any atom is -0.379 e. The summed E-state index contributed by atoms with van der Waals surface area (Å²) in [5.41, 5.74) is -2.70. The molecule has 0 saturated carbocycles. The molecule has 2 aromatic rings. The first-order valence-electron chi connectivity index (χ1n) is 4.88. The Balaban J connectivity index is 1.91. The summed E-state index contributed by atoms with van der Waals surface area (Å²) in [5, 5.41) is 8.71. The SMILES string of the molecule is FC(F)(F)Sc1ccc(NCc2csnn2)cc1. The van der Waals surface area contributed by atoms with Crippen LogP contribution in [0.25, 0.3) is 0 Å². The fraction of sp³-hybridized carbons (Fsp3) is 0.200. The van der Waals surface area contributed by atoms with E-state index in [1.807, 2.05) is 0 Å². The first-order chi connectivity index (χ1) is 8.53. The number of rotatable bonds is 4. The molecule has 0 unspecified atom stereocenters. The van der Waals surface area contributed by atoms with Crippen LogP contribution < -0.4 is 5.32 Å². The van der Waals surface area contributed by atoms with E-state index in [0.29, 0.717) is 6.54 Å². The fourth-order valence-electron chi connectivity index (χ4n) is 1.23. The van der Waals surface area contributed by atoms with Crippen molar-refractivity contribution in [3.05, 3.63) is 35.3 Å². The minimum atomic E-state index is -4.25. The van der Waals surface area contributed by atoms with E-state index >= 15 is 0 Å². The molecule has 0 aliphatic carbocycles. The highest BCUT2D eigenvalue weighted by Gasteiger charge is 2.28. The van der Waals surface area contributed by atoms with Crippen LogP contribution in [0, 0.1) is 0 Å². The summed E-state index contributed by atoms with van der Waals surface area (Å²) >= 11 is 1.13. The number of nitrogens with zero attached hydrogens (tertiary/aromatic N) is 2. The molecular formula is C10H8F3N3S2. The summed E-state index contributed by atoms with van der Waals surface area (Å²) in [6.45, 7) is 0.502. The number of nitrogens with one attached hydrogen (secondary N) is 1. The van der Waals surface area contributed by atoms with Crippen LogP contribution in [0.4, 0.5) is 18.9 Å². The van der Waals surface area contributed by atoms with Gasteiger partial charge >= 0.3 is 5.51 Å². The van der Waals surface area contributed by atoms with Crippen molar-refractivity contribution in [2.45, 2.75) is 16.9 Å². The number of aromatic nitrogens is 2. The van der Waals surface area contributed by atoms with Gasteiger partial charge in [-0.3, -0.25) is 0 Å². The van der Waals surface area contributed by atoms with Crippen molar-refractivity contribution in [1.29, 1.82) is 0 Å². The zero-order chi connectivity index (χ0) is 13.0. The Morgan fingerprint density at radius 1 is 1.22 bits per heavy atom. The Labute approximate surface area is 110 Å². The lowest BCUT2D eigenvalue weighted by Crippen LogP contribution is -2.01. The Kier molecular flexibility index (Phi) is 4.07. The molecule has 18 heavy (non-hydrogen) atoms. The van der Waals surface area contributed by atoms with Crippen LogP contribution in [0.3, 0.4) is 0 Å². The molecule has 1 aromatic heterocycles. The maximum Gasteiger partial charge on any atom is 0.446 e. The average Bonchev–Trinajstić information content (AvgIpc) is 2.79. The van der Waals surface area contributed by atoms with Gasteiger partial charge in [0.15, 0.2) is 0 Å². The number of thioether (sulfide) groups is 1. The molecule has 0 aliphatic rings. The Morgan fingerprint density at radius 2 is 1.94 bits per heavy atom. The van der Waals surface area contributed by atoms with Crippen molar-refractivity contribution in [2.24, 2.45) is 0 Å². The molecule has 0 bridgehead atoms. The molecule has 0 fully saturated rings. The average molecular weight is 291 g/mol. The summed E-state index contributed by atoms with van der Waals surface area (Å²) in [7, 11) is 0. The molecular weight excluding hydrogens is 283 g/mol. The second-order valence-corrected chi connectivity index (χ2v) is 5.07. The maximum atomic E-state index is 12.1. The number of alkyl halides is 3. The molecule has 8 heteroatoms. The minimum absolute atomic E-state index is 0.123. The number of anilines is 1. The van der Waals surface area contributed by atoms with Crippen molar-refractivity contribution in [1.82, 2.24) is 9.59 Å². The molecule has 0 amide bonds. The number of hydrogen-bond donors (Lipinski definition) is 1. The van der Waals surface area contributed by atoms with Crippen molar-refractivity contribution in [2.75, 3.05) is 5.32 Å². The number of halogens is 3. The van der Waals surface area contributed by atoms with E-state index in [9.17, 15) is 13.2 Å². The summed E-state index contributed by atoms with van der Waals surface area (Å²) < 4.78 is 40.0. The molecule has 96 valence electrons. The summed E-state index contributed by atoms with van der Waals surface area (Å²) in [5.74, 6) is 0. The zero-order valence-electron chi connectivity index (χ0n) is 8.94. The van der Waals surface area contributed by atoms with Crippen LogP contribution >= 0.6 is 23.3 Å². The van der Waals surface area contributed by atoms with Gasteiger partial charge in [-0.05, 0) is 47.6 Å². The predicted octanol–water partition coefficient (Wildman–Crippen LogP) is 3.76. The van der Waals surface area contributed by atoms with Crippen molar-refractivity contribution in [3.8, 4) is 0 Å². The Morgan fingerprint density at radius 3 is 2.50 bits per heavy atom. The summed E-state index contributed by atoms with van der Waals surface area (Å²) in [4.78, 5) is 0.170. The van der Waals surface area contributed by atoms with Gasteiger partial charge < -0.3 is 5.32 Å². The maximum absolute atomic E-state index is 12.1. The quantitative estimate of drug-likeness (QED) is 0.870. The normalized spacial score (nSPS) is 11.5. The van der Waals surface area contributed by atoms with Crippen LogP contribution in [-0.4, -0.2) is 15.1 Å². The Hall–Kier alpha value is -1.28. The van der Waals surface area contributed by atoms with Gasteiger partial charge in [0.1, 0.15) is 0 Å². The zero-order valence-corrected chi connectivity index (χ0v) is 10.6. The van der Waals surface area contributed by atoms with E-state index < -0.39 is 5.51 Å². The molecule has 3 nitrogen and oxygen atoms in total. The second-order valence-electron chi connectivity index (χ2n) is 3.32. The highest BCUT2D eigenvalue weighted by Crippen LogP contribution is 2.37. The third kappa shape index (κ3) is 4.19. The highest BCUT2D eigenvalue weighted by molar-refractivity contribution is 8.00. The molecule has 0 radical (unpaired) electrons. The summed E-state index contributed by atoms with van der Waals surface area (Å²) in [6, 6.07) is 6.07. The molecule has 1 aromatic carbocycles. The van der Waals surface area contributed by atoms with Crippen molar-refractivity contribution < 1.29 is 13.2 Å². The molecule has 0 aliphatic heterocycles. The van der Waals surface area contributed by atoms with Crippen LogP contribution in [0.1, 0.15) is 5.69 Å². The van der Waals surface area contributed by atoms with Gasteiger partial charge in [-0.15, -0.1) is 5.10 Å².